The first-order valence-corrected chi connectivity index (χ1v) is 4.14. The molecule has 1 aliphatic heterocycles. The lowest BCUT2D eigenvalue weighted by atomic mass is 9.75. The van der Waals surface area contributed by atoms with E-state index in [1.165, 1.54) is 12.8 Å². The second kappa shape index (κ2) is 1.97. The topological polar surface area (TPSA) is 59.2 Å². The third kappa shape index (κ3) is 0.872. The van der Waals surface area contributed by atoms with Crippen LogP contribution in [-0.4, -0.2) is 22.7 Å². The van der Waals surface area contributed by atoms with E-state index in [0.29, 0.717) is 18.4 Å². The fourth-order valence-corrected chi connectivity index (χ4v) is 2.20. The van der Waals surface area contributed by atoms with Crippen LogP contribution in [0.5, 0.6) is 0 Å². The molecular weight excluding hydrogens is 142 g/mol. The van der Waals surface area contributed by atoms with Crippen LogP contribution in [0.3, 0.4) is 0 Å². The van der Waals surface area contributed by atoms with Gasteiger partial charge in [0.25, 0.3) is 0 Å². The quantitative estimate of drug-likeness (QED) is 0.587. The number of fused-ring (bicyclic) bond motifs is 1. The summed E-state index contributed by atoms with van der Waals surface area (Å²) in [5.74, 6) is -0.370. The Morgan fingerprint density at radius 2 is 2.64 bits per heavy atom. The van der Waals surface area contributed by atoms with E-state index in [2.05, 4.69) is 5.32 Å². The van der Waals surface area contributed by atoms with E-state index in [1.807, 2.05) is 6.92 Å². The van der Waals surface area contributed by atoms with Gasteiger partial charge in [0.05, 0.1) is 0 Å². The molecule has 0 radical (unpaired) electrons. The fourth-order valence-electron chi connectivity index (χ4n) is 2.20. The number of hydrogen-bond donors (Lipinski definition) is 2. The highest BCUT2D eigenvalue weighted by Crippen LogP contribution is 2.51. The predicted molar refractivity (Wildman–Crippen MR) is 40.3 cm³/mol. The maximum Gasteiger partial charge on any atom is 0.303 e. The van der Waals surface area contributed by atoms with E-state index in [4.69, 9.17) is 5.11 Å². The Morgan fingerprint density at radius 3 is 2.91 bits per heavy atom. The van der Waals surface area contributed by atoms with Crippen LogP contribution in [0.25, 0.3) is 0 Å². The summed E-state index contributed by atoms with van der Waals surface area (Å²) in [6.45, 7) is 2.03. The van der Waals surface area contributed by atoms with E-state index in [0.717, 1.165) is 0 Å². The minimum atomic E-state index is -0.675. The molecule has 2 aliphatic rings. The van der Waals surface area contributed by atoms with Gasteiger partial charge in [0.15, 0.2) is 0 Å². The molecule has 0 amide bonds. The second-order valence-electron chi connectivity index (χ2n) is 3.77. The molecule has 1 saturated carbocycles. The first kappa shape index (κ1) is 7.10. The van der Waals surface area contributed by atoms with Crippen molar-refractivity contribution in [1.82, 2.24) is 5.32 Å². The monoisotopic (exact) mass is 155 g/mol. The third-order valence-electron chi connectivity index (χ3n) is 3.19. The number of nitrogens with one attached hydrogen (secondary N) is 1. The highest BCUT2D eigenvalue weighted by atomic mass is 16.4. The van der Waals surface area contributed by atoms with Gasteiger partial charge < -0.3 is 10.4 Å². The molecule has 11 heavy (non-hydrogen) atoms. The Morgan fingerprint density at radius 1 is 1.91 bits per heavy atom. The van der Waals surface area contributed by atoms with Crippen molar-refractivity contribution < 1.29 is 9.90 Å². The lowest BCUT2D eigenvalue weighted by Crippen LogP contribution is -2.34. The van der Waals surface area contributed by atoms with Crippen molar-refractivity contribution in [3.05, 3.63) is 0 Å². The Bertz CT molecular complexity index is 200. The van der Waals surface area contributed by atoms with Gasteiger partial charge in [-0.25, -0.2) is 0 Å². The number of carbonyl (C=O) groups is 1. The zero-order valence-corrected chi connectivity index (χ0v) is 6.63. The smallest absolute Gasteiger partial charge is 0.303 e. The van der Waals surface area contributed by atoms with Crippen molar-refractivity contribution in [2.45, 2.75) is 37.8 Å². The molecule has 2 fully saturated rings. The minimum absolute atomic E-state index is 0.248. The number of hydrogen-bond acceptors (Lipinski definition) is 2. The summed E-state index contributed by atoms with van der Waals surface area (Å²) in [7, 11) is 0. The Kier molecular flexibility index (Phi) is 1.27. The normalized spacial score (nSPS) is 42.1. The zero-order chi connectivity index (χ0) is 8.06. The zero-order valence-electron chi connectivity index (χ0n) is 6.63. The van der Waals surface area contributed by atoms with E-state index in [1.54, 1.807) is 0 Å². The van der Waals surface area contributed by atoms with Crippen molar-refractivity contribution in [2.24, 2.45) is 5.92 Å². The lowest BCUT2D eigenvalue weighted by molar-refractivity contribution is -0.138. The molecule has 2 rings (SSSR count). The number of carboxylic acid groups (broad SMARTS) is 1. The molecule has 3 heteroatoms. The van der Waals surface area contributed by atoms with Crippen LogP contribution in [0.2, 0.25) is 0 Å². The van der Waals surface area contributed by atoms with Gasteiger partial charge in [-0.15, -0.1) is 0 Å². The van der Waals surface area contributed by atoms with E-state index < -0.39 is 5.97 Å². The molecule has 0 aromatic carbocycles. The summed E-state index contributed by atoms with van der Waals surface area (Å²) in [4.78, 5) is 10.4. The maximum absolute atomic E-state index is 10.4. The van der Waals surface area contributed by atoms with Crippen LogP contribution in [0.4, 0.5) is 0 Å². The Hall–Kier alpha value is -0.570. The van der Waals surface area contributed by atoms with Crippen molar-refractivity contribution in [1.29, 1.82) is 0 Å². The average Bonchev–Trinajstić information content (AvgIpc) is 2.34. The van der Waals surface area contributed by atoms with E-state index >= 15 is 0 Å². The predicted octanol–water partition coefficient (Wildman–Crippen LogP) is 0.602. The van der Waals surface area contributed by atoms with Crippen LogP contribution < -0.4 is 5.32 Å². The standard InChI is InChI=1S/C8H13NO2/c1-5(4-7(10)11)8-3-2-6(8)9-8/h5-6,9H,2-4H2,1H3,(H,10,11). The summed E-state index contributed by atoms with van der Waals surface area (Å²) in [5, 5.41) is 11.9. The summed E-state index contributed by atoms with van der Waals surface area (Å²) in [6, 6.07) is 0.650. The van der Waals surface area contributed by atoms with Gasteiger partial charge in [-0.1, -0.05) is 6.92 Å². The van der Waals surface area contributed by atoms with E-state index in [-0.39, 0.29) is 5.54 Å². The van der Waals surface area contributed by atoms with Gasteiger partial charge in [-0.05, 0) is 18.8 Å². The molecule has 0 aromatic heterocycles. The first-order valence-electron chi connectivity index (χ1n) is 4.14. The summed E-state index contributed by atoms with van der Waals surface area (Å²) < 4.78 is 0. The highest BCUT2D eigenvalue weighted by molar-refractivity contribution is 5.67. The molecule has 3 atom stereocenters. The highest BCUT2D eigenvalue weighted by Gasteiger charge is 2.63. The van der Waals surface area contributed by atoms with Crippen LogP contribution in [0.1, 0.15) is 26.2 Å². The molecule has 1 saturated heterocycles. The first-order chi connectivity index (χ1) is 5.15. The minimum Gasteiger partial charge on any atom is -0.481 e. The summed E-state index contributed by atoms with van der Waals surface area (Å²) in [5.41, 5.74) is 0.248. The third-order valence-corrected chi connectivity index (χ3v) is 3.19. The van der Waals surface area contributed by atoms with Crippen molar-refractivity contribution in [3.8, 4) is 0 Å². The Balaban J connectivity index is 1.91. The lowest BCUT2D eigenvalue weighted by Gasteiger charge is -2.27. The van der Waals surface area contributed by atoms with Gasteiger partial charge in [0.2, 0.25) is 0 Å². The maximum atomic E-state index is 10.4. The number of aliphatic carboxylic acids is 1. The van der Waals surface area contributed by atoms with Crippen LogP contribution in [-0.2, 0) is 4.79 Å². The molecule has 62 valence electrons. The van der Waals surface area contributed by atoms with Crippen LogP contribution in [0.15, 0.2) is 0 Å². The van der Waals surface area contributed by atoms with Gasteiger partial charge in [0.1, 0.15) is 0 Å². The second-order valence-corrected chi connectivity index (χ2v) is 3.77. The van der Waals surface area contributed by atoms with Gasteiger partial charge >= 0.3 is 5.97 Å². The molecule has 3 unspecified atom stereocenters. The average molecular weight is 155 g/mol. The number of rotatable bonds is 3. The van der Waals surface area contributed by atoms with Crippen molar-refractivity contribution in [2.75, 3.05) is 0 Å². The van der Waals surface area contributed by atoms with Gasteiger partial charge in [-0.3, -0.25) is 4.79 Å². The fraction of sp³-hybridized carbons (Fsp3) is 0.875. The summed E-state index contributed by atoms with van der Waals surface area (Å²) >= 11 is 0. The SMILES string of the molecule is CC(CC(=O)O)C12CCC1N2. The molecule has 0 spiro atoms. The Labute approximate surface area is 65.8 Å². The van der Waals surface area contributed by atoms with Crippen molar-refractivity contribution >= 4 is 5.97 Å². The number of carboxylic acids is 1. The molecule has 1 aliphatic carbocycles. The molecule has 0 bridgehead atoms. The molecule has 3 nitrogen and oxygen atoms in total. The molecule has 0 aromatic rings. The largest absolute Gasteiger partial charge is 0.481 e. The van der Waals surface area contributed by atoms with Crippen LogP contribution in [0, 0.1) is 5.92 Å². The van der Waals surface area contributed by atoms with Crippen molar-refractivity contribution in [3.63, 3.8) is 0 Å². The van der Waals surface area contributed by atoms with Crippen LogP contribution >= 0.6 is 0 Å². The van der Waals surface area contributed by atoms with Gasteiger partial charge in [0, 0.05) is 18.0 Å². The summed E-state index contributed by atoms with van der Waals surface area (Å²) in [6.07, 6.45) is 2.72. The molecular formula is C8H13NO2. The molecule has 2 N–H and O–H groups in total. The van der Waals surface area contributed by atoms with E-state index in [9.17, 15) is 4.79 Å². The molecule has 1 heterocycles. The van der Waals surface area contributed by atoms with Gasteiger partial charge in [-0.2, -0.15) is 0 Å².